The van der Waals surface area contributed by atoms with Crippen molar-refractivity contribution in [1.29, 1.82) is 0 Å². The Morgan fingerprint density at radius 1 is 1.22 bits per heavy atom. The minimum Gasteiger partial charge on any atom is -0.495 e. The number of amides is 2. The second-order valence-electron chi connectivity index (χ2n) is 5.52. The van der Waals surface area contributed by atoms with Crippen LogP contribution >= 0.6 is 0 Å². The zero-order valence-corrected chi connectivity index (χ0v) is 13.0. The smallest absolute Gasteiger partial charge is 0.319 e. The number of ether oxygens (including phenoxy) is 2. The summed E-state index contributed by atoms with van der Waals surface area (Å²) in [5, 5.41) is 5.70. The molecule has 0 bridgehead atoms. The van der Waals surface area contributed by atoms with E-state index in [1.807, 2.05) is 36.4 Å². The van der Waals surface area contributed by atoms with E-state index in [2.05, 4.69) is 16.7 Å². The number of carbonyl (C=O) groups is 1. The molecule has 0 spiro atoms. The first kappa shape index (κ1) is 15.2. The van der Waals surface area contributed by atoms with Crippen molar-refractivity contribution < 1.29 is 14.3 Å². The van der Waals surface area contributed by atoms with Gasteiger partial charge in [-0.1, -0.05) is 30.3 Å². The Labute approximate surface area is 135 Å². The maximum absolute atomic E-state index is 12.1. The van der Waals surface area contributed by atoms with Gasteiger partial charge < -0.3 is 20.1 Å². The summed E-state index contributed by atoms with van der Waals surface area (Å²) >= 11 is 0. The molecule has 0 saturated carbocycles. The van der Waals surface area contributed by atoms with Gasteiger partial charge in [0, 0.05) is 12.5 Å². The van der Waals surface area contributed by atoms with Crippen LogP contribution in [0, 0.1) is 5.92 Å². The third-order valence-corrected chi connectivity index (χ3v) is 3.86. The van der Waals surface area contributed by atoms with Gasteiger partial charge in [-0.25, -0.2) is 4.79 Å². The SMILES string of the molecule is COc1ccccc1NC(=O)NCC1COc2ccccc2C1. The van der Waals surface area contributed by atoms with Crippen molar-refractivity contribution in [1.82, 2.24) is 5.32 Å². The second-order valence-corrected chi connectivity index (χ2v) is 5.52. The van der Waals surface area contributed by atoms with E-state index in [1.165, 1.54) is 5.56 Å². The Balaban J connectivity index is 1.52. The summed E-state index contributed by atoms with van der Waals surface area (Å²) in [6.07, 6.45) is 0.908. The molecule has 2 aromatic carbocycles. The van der Waals surface area contributed by atoms with Gasteiger partial charge in [-0.3, -0.25) is 0 Å². The van der Waals surface area contributed by atoms with E-state index >= 15 is 0 Å². The molecular weight excluding hydrogens is 292 g/mol. The number of para-hydroxylation sites is 3. The fourth-order valence-electron chi connectivity index (χ4n) is 2.67. The molecule has 0 fully saturated rings. The predicted molar refractivity (Wildman–Crippen MR) is 89.1 cm³/mol. The average Bonchev–Trinajstić information content (AvgIpc) is 2.60. The number of nitrogens with one attached hydrogen (secondary N) is 2. The van der Waals surface area contributed by atoms with Gasteiger partial charge in [0.2, 0.25) is 0 Å². The van der Waals surface area contributed by atoms with E-state index in [0.717, 1.165) is 12.2 Å². The molecule has 2 amide bonds. The van der Waals surface area contributed by atoms with Crippen molar-refractivity contribution in [2.75, 3.05) is 25.6 Å². The maximum atomic E-state index is 12.1. The molecule has 0 saturated heterocycles. The fourth-order valence-corrected chi connectivity index (χ4v) is 2.67. The molecule has 1 aliphatic rings. The molecule has 0 aromatic heterocycles. The van der Waals surface area contributed by atoms with Crippen LogP contribution < -0.4 is 20.1 Å². The number of fused-ring (bicyclic) bond motifs is 1. The fraction of sp³-hybridized carbons (Fsp3) is 0.278. The molecule has 1 unspecified atom stereocenters. The molecule has 5 nitrogen and oxygen atoms in total. The lowest BCUT2D eigenvalue weighted by atomic mass is 9.97. The monoisotopic (exact) mass is 312 g/mol. The van der Waals surface area contributed by atoms with Gasteiger partial charge in [-0.15, -0.1) is 0 Å². The highest BCUT2D eigenvalue weighted by atomic mass is 16.5. The number of hydrogen-bond donors (Lipinski definition) is 2. The normalized spacial score (nSPS) is 16.0. The summed E-state index contributed by atoms with van der Waals surface area (Å²) in [6.45, 7) is 1.18. The van der Waals surface area contributed by atoms with Crippen LogP contribution in [0.15, 0.2) is 48.5 Å². The number of rotatable bonds is 4. The van der Waals surface area contributed by atoms with Crippen LogP contribution in [0.2, 0.25) is 0 Å². The minimum absolute atomic E-state index is 0.242. The molecule has 2 aromatic rings. The maximum Gasteiger partial charge on any atom is 0.319 e. The first-order chi connectivity index (χ1) is 11.3. The van der Waals surface area contributed by atoms with Crippen molar-refractivity contribution >= 4 is 11.7 Å². The van der Waals surface area contributed by atoms with Gasteiger partial charge in [0.25, 0.3) is 0 Å². The zero-order valence-electron chi connectivity index (χ0n) is 13.0. The van der Waals surface area contributed by atoms with E-state index in [1.54, 1.807) is 13.2 Å². The zero-order chi connectivity index (χ0) is 16.1. The Morgan fingerprint density at radius 2 is 2.00 bits per heavy atom. The predicted octanol–water partition coefficient (Wildman–Crippen LogP) is 3.07. The molecule has 3 rings (SSSR count). The van der Waals surface area contributed by atoms with Crippen LogP contribution in [-0.4, -0.2) is 26.3 Å². The summed E-state index contributed by atoms with van der Waals surface area (Å²) < 4.78 is 10.9. The first-order valence-corrected chi connectivity index (χ1v) is 7.65. The highest BCUT2D eigenvalue weighted by Gasteiger charge is 2.20. The molecule has 1 aliphatic heterocycles. The number of anilines is 1. The number of urea groups is 1. The lowest BCUT2D eigenvalue weighted by Gasteiger charge is -2.25. The first-order valence-electron chi connectivity index (χ1n) is 7.65. The summed E-state index contributed by atoms with van der Waals surface area (Å²) in [7, 11) is 1.58. The van der Waals surface area contributed by atoms with Crippen molar-refractivity contribution in [2.45, 2.75) is 6.42 Å². The third-order valence-electron chi connectivity index (χ3n) is 3.86. The lowest BCUT2D eigenvalue weighted by molar-refractivity contribution is 0.215. The van der Waals surface area contributed by atoms with Crippen LogP contribution in [0.3, 0.4) is 0 Å². The molecule has 5 heteroatoms. The van der Waals surface area contributed by atoms with Gasteiger partial charge in [0.15, 0.2) is 0 Å². The average molecular weight is 312 g/mol. The summed E-state index contributed by atoms with van der Waals surface area (Å²) in [6, 6.07) is 15.1. The van der Waals surface area contributed by atoms with Gasteiger partial charge in [-0.2, -0.15) is 0 Å². The molecule has 1 heterocycles. The second kappa shape index (κ2) is 7.05. The van der Waals surface area contributed by atoms with Gasteiger partial charge in [0.1, 0.15) is 11.5 Å². The largest absolute Gasteiger partial charge is 0.495 e. The molecule has 120 valence electrons. The van der Waals surface area contributed by atoms with Gasteiger partial charge in [0.05, 0.1) is 19.4 Å². The lowest BCUT2D eigenvalue weighted by Crippen LogP contribution is -2.37. The van der Waals surface area contributed by atoms with E-state index < -0.39 is 0 Å². The molecule has 0 radical (unpaired) electrons. The Morgan fingerprint density at radius 3 is 2.87 bits per heavy atom. The summed E-state index contributed by atoms with van der Waals surface area (Å²) in [4.78, 5) is 12.1. The van der Waals surface area contributed by atoms with Crippen LogP contribution in [-0.2, 0) is 6.42 Å². The number of benzene rings is 2. The molecule has 1 atom stereocenters. The van der Waals surface area contributed by atoms with E-state index in [4.69, 9.17) is 9.47 Å². The van der Waals surface area contributed by atoms with E-state index in [9.17, 15) is 4.79 Å². The van der Waals surface area contributed by atoms with Crippen LogP contribution in [0.25, 0.3) is 0 Å². The quantitative estimate of drug-likeness (QED) is 0.912. The number of methoxy groups -OCH3 is 1. The minimum atomic E-state index is -0.242. The van der Waals surface area contributed by atoms with E-state index in [-0.39, 0.29) is 11.9 Å². The van der Waals surface area contributed by atoms with Crippen molar-refractivity contribution in [3.63, 3.8) is 0 Å². The molecule has 23 heavy (non-hydrogen) atoms. The summed E-state index contributed by atoms with van der Waals surface area (Å²) in [5.41, 5.74) is 1.84. The summed E-state index contributed by atoms with van der Waals surface area (Å²) in [5.74, 6) is 1.85. The highest BCUT2D eigenvalue weighted by molar-refractivity contribution is 5.90. The molecule has 2 N–H and O–H groups in total. The Kier molecular flexibility index (Phi) is 4.66. The molecule has 0 aliphatic carbocycles. The van der Waals surface area contributed by atoms with Crippen LogP contribution in [0.1, 0.15) is 5.56 Å². The Bertz CT molecular complexity index is 687. The standard InChI is InChI=1S/C18H20N2O3/c1-22-17-9-5-3-7-15(17)20-18(21)19-11-13-10-14-6-2-4-8-16(14)23-12-13/h2-9,13H,10-12H2,1H3,(H2,19,20,21). The van der Waals surface area contributed by atoms with Crippen molar-refractivity contribution in [3.8, 4) is 11.5 Å². The third kappa shape index (κ3) is 3.74. The topological polar surface area (TPSA) is 59.6 Å². The van der Waals surface area contributed by atoms with Crippen LogP contribution in [0.4, 0.5) is 10.5 Å². The number of carbonyl (C=O) groups excluding carboxylic acids is 1. The highest BCUT2D eigenvalue weighted by Crippen LogP contribution is 2.26. The van der Waals surface area contributed by atoms with Gasteiger partial charge >= 0.3 is 6.03 Å². The van der Waals surface area contributed by atoms with Crippen LogP contribution in [0.5, 0.6) is 11.5 Å². The van der Waals surface area contributed by atoms with E-state index in [0.29, 0.717) is 24.6 Å². The van der Waals surface area contributed by atoms with Crippen molar-refractivity contribution in [2.24, 2.45) is 5.92 Å². The van der Waals surface area contributed by atoms with Crippen molar-refractivity contribution in [3.05, 3.63) is 54.1 Å². The van der Waals surface area contributed by atoms with Gasteiger partial charge in [-0.05, 0) is 30.2 Å². The molecular formula is C18H20N2O3. The Hall–Kier alpha value is -2.69. The number of hydrogen-bond acceptors (Lipinski definition) is 3.